The topological polar surface area (TPSA) is 88.4 Å². The summed E-state index contributed by atoms with van der Waals surface area (Å²) in [6.45, 7) is 8.03. The van der Waals surface area contributed by atoms with E-state index in [2.05, 4.69) is 27.7 Å². The monoisotopic (exact) mass is 534 g/mol. The predicted octanol–water partition coefficient (Wildman–Crippen LogP) is 4.98. The number of benzene rings is 2. The zero-order valence-electron chi connectivity index (χ0n) is 17.7. The highest BCUT2D eigenvalue weighted by Crippen LogP contribution is 2.36. The fourth-order valence-corrected chi connectivity index (χ4v) is 3.83. The molecule has 0 saturated carbocycles. The van der Waals surface area contributed by atoms with Crippen molar-refractivity contribution < 1.29 is 24.2 Å². The number of rotatable bonds is 7. The Morgan fingerprint density at radius 3 is 2.68 bits per heavy atom. The first kappa shape index (κ1) is 22.8. The molecule has 0 fully saturated rings. The van der Waals surface area contributed by atoms with Crippen LogP contribution in [0.2, 0.25) is 0 Å². The number of aromatic carboxylic acids is 1. The van der Waals surface area contributed by atoms with Gasteiger partial charge < -0.3 is 14.6 Å². The summed E-state index contributed by atoms with van der Waals surface area (Å²) >= 11 is 2.19. The summed E-state index contributed by atoms with van der Waals surface area (Å²) in [7, 11) is 0. The van der Waals surface area contributed by atoms with Crippen LogP contribution < -0.4 is 14.5 Å². The summed E-state index contributed by atoms with van der Waals surface area (Å²) in [6.07, 6.45) is 1.75. The number of nitrogens with zero attached hydrogens (tertiary/aromatic N) is 2. The summed E-state index contributed by atoms with van der Waals surface area (Å²) in [5.41, 5.74) is 2.24. The molecule has 1 amide bonds. The number of halogens is 1. The second kappa shape index (κ2) is 9.51. The molecular formula is C23H23IN2O5. The highest BCUT2D eigenvalue weighted by Gasteiger charge is 2.29. The van der Waals surface area contributed by atoms with E-state index in [-0.39, 0.29) is 17.6 Å². The Labute approximate surface area is 194 Å². The third-order valence-corrected chi connectivity index (χ3v) is 5.20. The molecule has 0 bridgehead atoms. The number of hydrazone groups is 1. The molecule has 0 radical (unpaired) electrons. The number of hydrogen-bond donors (Lipinski definition) is 1. The molecule has 0 unspecified atom stereocenters. The van der Waals surface area contributed by atoms with Gasteiger partial charge in [-0.2, -0.15) is 10.1 Å². The molecule has 1 aliphatic heterocycles. The highest BCUT2D eigenvalue weighted by molar-refractivity contribution is 14.1. The van der Waals surface area contributed by atoms with Gasteiger partial charge in [0.2, 0.25) is 0 Å². The zero-order valence-corrected chi connectivity index (χ0v) is 19.8. The SMILES string of the molecule is CCOc1cc(/C=C2\C(=O)N(c3cccc(C(=O)O)c3)N=C2C)cc(I)c1OC(C)C. The van der Waals surface area contributed by atoms with Crippen molar-refractivity contribution in [1.82, 2.24) is 0 Å². The summed E-state index contributed by atoms with van der Waals surface area (Å²) < 4.78 is 12.5. The molecule has 8 heteroatoms. The van der Waals surface area contributed by atoms with Crippen molar-refractivity contribution in [3.63, 3.8) is 0 Å². The minimum Gasteiger partial charge on any atom is -0.490 e. The first-order valence-electron chi connectivity index (χ1n) is 9.79. The second-order valence-electron chi connectivity index (χ2n) is 7.15. The van der Waals surface area contributed by atoms with Crippen LogP contribution >= 0.6 is 22.6 Å². The minimum absolute atomic E-state index is 0.00200. The van der Waals surface area contributed by atoms with E-state index in [4.69, 9.17) is 9.47 Å². The molecule has 2 aromatic carbocycles. The van der Waals surface area contributed by atoms with Crippen LogP contribution in [0.15, 0.2) is 47.1 Å². The molecule has 0 saturated heterocycles. The quantitative estimate of drug-likeness (QED) is 0.400. The molecule has 31 heavy (non-hydrogen) atoms. The van der Waals surface area contributed by atoms with Crippen molar-refractivity contribution >= 4 is 51.9 Å². The Morgan fingerprint density at radius 1 is 1.29 bits per heavy atom. The molecule has 1 aliphatic rings. The standard InChI is InChI=1S/C23H23IN2O5/c1-5-30-20-11-15(10-19(24)21(20)31-13(2)3)9-18-14(4)25-26(22(18)27)17-8-6-7-16(12-17)23(28)29/h6-13H,5H2,1-4H3,(H,28,29)/b18-9-. The lowest BCUT2D eigenvalue weighted by atomic mass is 10.1. The predicted molar refractivity (Wildman–Crippen MR) is 128 cm³/mol. The van der Waals surface area contributed by atoms with Crippen LogP contribution in [-0.4, -0.2) is 35.4 Å². The Hall–Kier alpha value is -2.88. The number of hydrogen-bond acceptors (Lipinski definition) is 5. The number of anilines is 1. The Balaban J connectivity index is 1.97. The summed E-state index contributed by atoms with van der Waals surface area (Å²) in [4.78, 5) is 24.3. The summed E-state index contributed by atoms with van der Waals surface area (Å²) in [6, 6.07) is 9.89. The fourth-order valence-electron chi connectivity index (χ4n) is 3.08. The van der Waals surface area contributed by atoms with E-state index < -0.39 is 5.97 Å². The van der Waals surface area contributed by atoms with Crippen LogP contribution in [0, 0.1) is 3.57 Å². The molecule has 2 aromatic rings. The highest BCUT2D eigenvalue weighted by atomic mass is 127. The molecule has 0 aliphatic carbocycles. The van der Waals surface area contributed by atoms with Gasteiger partial charge >= 0.3 is 5.97 Å². The smallest absolute Gasteiger partial charge is 0.335 e. The van der Waals surface area contributed by atoms with Crippen molar-refractivity contribution in [2.45, 2.75) is 33.8 Å². The lowest BCUT2D eigenvalue weighted by molar-refractivity contribution is -0.114. The van der Waals surface area contributed by atoms with Gasteiger partial charge in [0.25, 0.3) is 5.91 Å². The maximum Gasteiger partial charge on any atom is 0.335 e. The van der Waals surface area contributed by atoms with E-state index in [0.717, 1.165) is 9.13 Å². The Morgan fingerprint density at radius 2 is 2.03 bits per heavy atom. The average molecular weight is 534 g/mol. The first-order valence-corrected chi connectivity index (χ1v) is 10.9. The summed E-state index contributed by atoms with van der Waals surface area (Å²) in [5.74, 6) is -0.0990. The van der Waals surface area contributed by atoms with Crippen molar-refractivity contribution in [3.8, 4) is 11.5 Å². The van der Waals surface area contributed by atoms with Crippen molar-refractivity contribution in [2.24, 2.45) is 5.10 Å². The number of ether oxygens (including phenoxy) is 2. The molecule has 0 atom stereocenters. The molecule has 1 N–H and O–H groups in total. The third-order valence-electron chi connectivity index (χ3n) is 4.40. The van der Waals surface area contributed by atoms with Crippen LogP contribution in [-0.2, 0) is 4.79 Å². The van der Waals surface area contributed by atoms with Crippen molar-refractivity contribution in [1.29, 1.82) is 0 Å². The largest absolute Gasteiger partial charge is 0.490 e. The average Bonchev–Trinajstić information content (AvgIpc) is 2.99. The third kappa shape index (κ3) is 5.07. The molecule has 3 rings (SSSR count). The Bertz CT molecular complexity index is 1090. The van der Waals surface area contributed by atoms with Gasteiger partial charge in [0.05, 0.1) is 38.8 Å². The number of carbonyl (C=O) groups is 2. The van der Waals surface area contributed by atoms with E-state index in [0.29, 0.717) is 35.1 Å². The van der Waals surface area contributed by atoms with E-state index in [1.807, 2.05) is 32.9 Å². The molecule has 0 aromatic heterocycles. The van der Waals surface area contributed by atoms with Crippen LogP contribution in [0.3, 0.4) is 0 Å². The van der Waals surface area contributed by atoms with Gasteiger partial charge in [0, 0.05) is 0 Å². The van der Waals surface area contributed by atoms with Gasteiger partial charge in [-0.3, -0.25) is 4.79 Å². The van der Waals surface area contributed by atoms with Gasteiger partial charge in [-0.25, -0.2) is 4.79 Å². The van der Waals surface area contributed by atoms with Crippen LogP contribution in [0.1, 0.15) is 43.6 Å². The van der Waals surface area contributed by atoms with Gasteiger partial charge in [-0.15, -0.1) is 0 Å². The fraction of sp³-hybridized carbons (Fsp3) is 0.261. The lowest BCUT2D eigenvalue weighted by Gasteiger charge is -2.17. The molecular weight excluding hydrogens is 511 g/mol. The van der Waals surface area contributed by atoms with E-state index in [1.165, 1.54) is 17.1 Å². The Kier molecular flexibility index (Phi) is 6.99. The lowest BCUT2D eigenvalue weighted by Crippen LogP contribution is -2.21. The van der Waals surface area contributed by atoms with Crippen molar-refractivity contribution in [2.75, 3.05) is 11.6 Å². The van der Waals surface area contributed by atoms with Gasteiger partial charge in [-0.1, -0.05) is 6.07 Å². The number of carbonyl (C=O) groups excluding carboxylic acids is 1. The minimum atomic E-state index is -1.06. The van der Waals surface area contributed by atoms with Gasteiger partial charge in [-0.05, 0) is 92.3 Å². The molecule has 162 valence electrons. The van der Waals surface area contributed by atoms with Gasteiger partial charge in [0.1, 0.15) is 0 Å². The normalized spacial score (nSPS) is 14.9. The number of carboxylic acids is 1. The summed E-state index contributed by atoms with van der Waals surface area (Å²) in [5, 5.41) is 14.8. The van der Waals surface area contributed by atoms with Crippen LogP contribution in [0.5, 0.6) is 11.5 Å². The second-order valence-corrected chi connectivity index (χ2v) is 8.31. The van der Waals surface area contributed by atoms with E-state index in [9.17, 15) is 14.7 Å². The molecule has 0 spiro atoms. The van der Waals surface area contributed by atoms with Crippen LogP contribution in [0.25, 0.3) is 6.08 Å². The number of amides is 1. The van der Waals surface area contributed by atoms with E-state index >= 15 is 0 Å². The van der Waals surface area contributed by atoms with Crippen LogP contribution in [0.4, 0.5) is 5.69 Å². The molecule has 7 nitrogen and oxygen atoms in total. The van der Waals surface area contributed by atoms with E-state index in [1.54, 1.807) is 25.1 Å². The maximum absolute atomic E-state index is 13.0. The molecule has 1 heterocycles. The maximum atomic E-state index is 13.0. The van der Waals surface area contributed by atoms with Gasteiger partial charge in [0.15, 0.2) is 11.5 Å². The zero-order chi connectivity index (χ0) is 22.7. The number of carboxylic acid groups (broad SMARTS) is 1. The van der Waals surface area contributed by atoms with Crippen molar-refractivity contribution in [3.05, 3.63) is 56.7 Å². The first-order chi connectivity index (χ1) is 14.7.